The van der Waals surface area contributed by atoms with Crippen molar-refractivity contribution in [1.29, 1.82) is 0 Å². The predicted molar refractivity (Wildman–Crippen MR) is 115 cm³/mol. The number of anilines is 1. The highest BCUT2D eigenvalue weighted by molar-refractivity contribution is 5.82. The zero-order valence-corrected chi connectivity index (χ0v) is 17.2. The van der Waals surface area contributed by atoms with E-state index in [0.29, 0.717) is 11.3 Å². The van der Waals surface area contributed by atoms with Crippen LogP contribution in [0.4, 0.5) is 10.1 Å². The molecule has 0 fully saturated rings. The van der Waals surface area contributed by atoms with Crippen LogP contribution in [0.3, 0.4) is 0 Å². The SMILES string of the molecule is C=C(c1cc(OC(C)C)c(F)cc1NN)[C@H]1C=C(N2CCC3=C(CNO3)C2)N=CN1. The fourth-order valence-corrected chi connectivity index (χ4v) is 3.76. The second-order valence-electron chi connectivity index (χ2n) is 7.71. The Kier molecular flexibility index (Phi) is 5.65. The zero-order chi connectivity index (χ0) is 21.3. The van der Waals surface area contributed by atoms with Crippen LogP contribution in [0, 0.1) is 5.82 Å². The van der Waals surface area contributed by atoms with Gasteiger partial charge in [-0.3, -0.25) is 5.84 Å². The number of halogens is 1. The lowest BCUT2D eigenvalue weighted by Crippen LogP contribution is -2.36. The van der Waals surface area contributed by atoms with Crippen molar-refractivity contribution in [3.63, 3.8) is 0 Å². The Balaban J connectivity index is 1.58. The first kappa shape index (κ1) is 20.2. The van der Waals surface area contributed by atoms with Crippen LogP contribution >= 0.6 is 0 Å². The van der Waals surface area contributed by atoms with Crippen LogP contribution in [0.15, 0.2) is 46.9 Å². The molecular weight excluding hydrogens is 387 g/mol. The van der Waals surface area contributed by atoms with Crippen molar-refractivity contribution in [3.8, 4) is 5.75 Å². The smallest absolute Gasteiger partial charge is 0.167 e. The molecule has 5 N–H and O–H groups in total. The Labute approximate surface area is 175 Å². The van der Waals surface area contributed by atoms with Crippen LogP contribution in [0.2, 0.25) is 0 Å². The van der Waals surface area contributed by atoms with Crippen LogP contribution in [0.25, 0.3) is 5.57 Å². The molecule has 3 heterocycles. The Morgan fingerprint density at radius 2 is 2.30 bits per heavy atom. The van der Waals surface area contributed by atoms with Gasteiger partial charge in [0.1, 0.15) is 11.6 Å². The maximum absolute atomic E-state index is 14.4. The van der Waals surface area contributed by atoms with E-state index in [9.17, 15) is 4.39 Å². The van der Waals surface area contributed by atoms with Gasteiger partial charge in [0.2, 0.25) is 0 Å². The molecule has 1 atom stereocenters. The third-order valence-corrected chi connectivity index (χ3v) is 5.27. The Morgan fingerprint density at radius 3 is 3.07 bits per heavy atom. The highest BCUT2D eigenvalue weighted by Gasteiger charge is 2.27. The van der Waals surface area contributed by atoms with Gasteiger partial charge in [0, 0.05) is 36.7 Å². The third kappa shape index (κ3) is 3.99. The number of hydrogen-bond donors (Lipinski definition) is 4. The molecule has 8 nitrogen and oxygen atoms in total. The van der Waals surface area contributed by atoms with E-state index >= 15 is 0 Å². The number of nitrogens with one attached hydrogen (secondary N) is 3. The van der Waals surface area contributed by atoms with Gasteiger partial charge in [-0.2, -0.15) is 5.48 Å². The van der Waals surface area contributed by atoms with Gasteiger partial charge in [0.25, 0.3) is 0 Å². The van der Waals surface area contributed by atoms with Crippen LogP contribution in [0.5, 0.6) is 5.75 Å². The summed E-state index contributed by atoms with van der Waals surface area (Å²) in [7, 11) is 0. The van der Waals surface area contributed by atoms with Crippen molar-refractivity contribution in [2.75, 3.05) is 25.1 Å². The number of aliphatic imine (C=N–C) groups is 1. The number of nitrogens with zero attached hydrogens (tertiary/aromatic N) is 2. The number of rotatable bonds is 6. The number of hydroxylamine groups is 1. The summed E-state index contributed by atoms with van der Waals surface area (Å²) < 4.78 is 20.0. The molecule has 0 bridgehead atoms. The van der Waals surface area contributed by atoms with Gasteiger partial charge in [-0.05, 0) is 31.6 Å². The fourth-order valence-electron chi connectivity index (χ4n) is 3.76. The normalized spacial score (nSPS) is 20.5. The van der Waals surface area contributed by atoms with E-state index in [2.05, 4.69) is 32.7 Å². The minimum atomic E-state index is -0.479. The summed E-state index contributed by atoms with van der Waals surface area (Å²) in [5.74, 6) is 7.22. The maximum Gasteiger partial charge on any atom is 0.167 e. The van der Waals surface area contributed by atoms with Crippen LogP contribution in [0.1, 0.15) is 25.8 Å². The molecule has 0 spiro atoms. The number of ether oxygens (including phenoxy) is 1. The molecule has 4 rings (SSSR count). The molecule has 0 amide bonds. The average Bonchev–Trinajstić information content (AvgIpc) is 3.22. The van der Waals surface area contributed by atoms with Gasteiger partial charge in [-0.1, -0.05) is 6.58 Å². The number of hydrazine groups is 1. The topological polar surface area (TPSA) is 96.2 Å². The lowest BCUT2D eigenvalue weighted by molar-refractivity contribution is 0.127. The third-order valence-electron chi connectivity index (χ3n) is 5.27. The van der Waals surface area contributed by atoms with E-state index in [-0.39, 0.29) is 17.9 Å². The molecular formula is C21H27FN6O2. The highest BCUT2D eigenvalue weighted by atomic mass is 19.1. The first-order chi connectivity index (χ1) is 14.5. The van der Waals surface area contributed by atoms with Gasteiger partial charge in [-0.15, -0.1) is 0 Å². The second kappa shape index (κ2) is 8.37. The highest BCUT2D eigenvalue weighted by Crippen LogP contribution is 2.33. The largest absolute Gasteiger partial charge is 0.488 e. The first-order valence-electron chi connectivity index (χ1n) is 9.98. The summed E-state index contributed by atoms with van der Waals surface area (Å²) in [4.78, 5) is 12.2. The summed E-state index contributed by atoms with van der Waals surface area (Å²) in [6.45, 7) is 10.3. The molecule has 0 aromatic heterocycles. The summed E-state index contributed by atoms with van der Waals surface area (Å²) in [6, 6.07) is 2.73. The second-order valence-corrected chi connectivity index (χ2v) is 7.71. The molecule has 1 aromatic carbocycles. The molecule has 0 aliphatic carbocycles. The lowest BCUT2D eigenvalue weighted by Gasteiger charge is -2.32. The molecule has 0 saturated carbocycles. The molecule has 9 heteroatoms. The summed E-state index contributed by atoms with van der Waals surface area (Å²) in [6.07, 6.45) is 4.37. The minimum Gasteiger partial charge on any atom is -0.488 e. The Morgan fingerprint density at radius 1 is 1.47 bits per heavy atom. The van der Waals surface area contributed by atoms with Gasteiger partial charge >= 0.3 is 0 Å². The van der Waals surface area contributed by atoms with E-state index in [1.807, 2.05) is 19.9 Å². The maximum atomic E-state index is 14.4. The monoisotopic (exact) mass is 414 g/mol. The Bertz CT molecular complexity index is 940. The van der Waals surface area contributed by atoms with Crippen molar-refractivity contribution in [1.82, 2.24) is 15.7 Å². The number of nitrogen functional groups attached to an aromatic ring is 1. The predicted octanol–water partition coefficient (Wildman–Crippen LogP) is 2.25. The van der Waals surface area contributed by atoms with Crippen molar-refractivity contribution in [2.24, 2.45) is 10.8 Å². The molecule has 30 heavy (non-hydrogen) atoms. The standard InChI is InChI=1S/C21H27FN6O2/c1-12(2)29-20-6-15(18(27-23)7-16(20)22)13(3)17-8-21(25-11-24-17)28-5-4-19-14(10-28)9-26-30-19/h6-8,11-12,17,26-27H,3-5,9-10,23H2,1-2H3,(H,24,25)/t17-/m1/s1. The molecule has 160 valence electrons. The van der Waals surface area contributed by atoms with E-state index < -0.39 is 5.82 Å². The molecule has 0 radical (unpaired) electrons. The summed E-state index contributed by atoms with van der Waals surface area (Å²) in [5, 5.41) is 3.21. The van der Waals surface area contributed by atoms with Crippen molar-refractivity contribution < 1.29 is 14.0 Å². The van der Waals surface area contributed by atoms with Crippen molar-refractivity contribution in [2.45, 2.75) is 32.4 Å². The quantitative estimate of drug-likeness (QED) is 0.419. The Hall–Kier alpha value is -3.04. The summed E-state index contributed by atoms with van der Waals surface area (Å²) >= 11 is 0. The summed E-state index contributed by atoms with van der Waals surface area (Å²) in [5.41, 5.74) is 8.57. The van der Waals surface area contributed by atoms with E-state index in [0.717, 1.165) is 43.2 Å². The number of nitrogens with two attached hydrogens (primary N) is 1. The average molecular weight is 414 g/mol. The first-order valence-corrected chi connectivity index (χ1v) is 9.98. The minimum absolute atomic E-state index is 0.156. The van der Waals surface area contributed by atoms with Crippen LogP contribution < -0.4 is 26.8 Å². The molecule has 1 aromatic rings. The van der Waals surface area contributed by atoms with Gasteiger partial charge in [-0.25, -0.2) is 9.38 Å². The van der Waals surface area contributed by atoms with Gasteiger partial charge < -0.3 is 25.2 Å². The lowest BCUT2D eigenvalue weighted by atomic mass is 9.97. The van der Waals surface area contributed by atoms with E-state index in [1.165, 1.54) is 11.6 Å². The number of benzene rings is 1. The van der Waals surface area contributed by atoms with Crippen molar-refractivity contribution in [3.05, 3.63) is 53.3 Å². The van der Waals surface area contributed by atoms with E-state index in [1.54, 1.807) is 12.4 Å². The van der Waals surface area contributed by atoms with Gasteiger partial charge in [0.15, 0.2) is 11.6 Å². The molecule has 3 aliphatic rings. The fraction of sp³-hybridized carbons (Fsp3) is 0.381. The van der Waals surface area contributed by atoms with E-state index in [4.69, 9.17) is 15.4 Å². The van der Waals surface area contributed by atoms with Crippen molar-refractivity contribution >= 4 is 17.6 Å². The van der Waals surface area contributed by atoms with Crippen LogP contribution in [-0.2, 0) is 4.84 Å². The van der Waals surface area contributed by atoms with Gasteiger partial charge in [0.05, 0.1) is 30.7 Å². The molecule has 0 saturated heterocycles. The number of hydrogen-bond acceptors (Lipinski definition) is 8. The molecule has 3 aliphatic heterocycles. The van der Waals surface area contributed by atoms with Crippen LogP contribution in [-0.4, -0.2) is 43.0 Å². The zero-order valence-electron chi connectivity index (χ0n) is 17.2. The molecule has 0 unspecified atom stereocenters.